The molecule has 1 fully saturated rings. The van der Waals surface area contributed by atoms with E-state index >= 15 is 0 Å². The smallest absolute Gasteiger partial charge is 0.410 e. The molecule has 1 aliphatic heterocycles. The van der Waals surface area contributed by atoms with Gasteiger partial charge < -0.3 is 14.7 Å². The molecule has 6 heteroatoms. The van der Waals surface area contributed by atoms with Crippen molar-refractivity contribution in [3.05, 3.63) is 0 Å². The van der Waals surface area contributed by atoms with Crippen molar-refractivity contribution < 1.29 is 14.6 Å². The number of nitrogens with zero attached hydrogens (tertiary/aromatic N) is 2. The van der Waals surface area contributed by atoms with E-state index in [0.29, 0.717) is 13.1 Å². The largest absolute Gasteiger partial charge is 0.444 e. The highest BCUT2D eigenvalue weighted by molar-refractivity contribution is 5.85. The van der Waals surface area contributed by atoms with Crippen LogP contribution in [0.5, 0.6) is 0 Å². The molecule has 0 aromatic rings. The van der Waals surface area contributed by atoms with Crippen molar-refractivity contribution in [1.82, 2.24) is 9.80 Å². The number of amides is 1. The van der Waals surface area contributed by atoms with E-state index in [0.717, 1.165) is 0 Å². The Morgan fingerprint density at radius 1 is 1.41 bits per heavy atom. The number of hydrogen-bond donors (Lipinski definition) is 1. The van der Waals surface area contributed by atoms with Gasteiger partial charge in [0.1, 0.15) is 5.60 Å². The summed E-state index contributed by atoms with van der Waals surface area (Å²) < 4.78 is 5.25. The Hall–Kier alpha value is -0.520. The summed E-state index contributed by atoms with van der Waals surface area (Å²) in [6, 6.07) is 0. The third-order valence-corrected chi connectivity index (χ3v) is 2.87. The lowest BCUT2D eigenvalue weighted by Crippen LogP contribution is -2.71. The predicted molar refractivity (Wildman–Crippen MR) is 68.6 cm³/mol. The predicted octanol–water partition coefficient (Wildman–Crippen LogP) is 0.952. The van der Waals surface area contributed by atoms with Crippen LogP contribution in [0.4, 0.5) is 4.79 Å². The normalized spacial score (nSPS) is 18.4. The van der Waals surface area contributed by atoms with E-state index in [1.165, 1.54) is 0 Å². The van der Waals surface area contributed by atoms with E-state index in [4.69, 9.17) is 4.74 Å². The van der Waals surface area contributed by atoms with Gasteiger partial charge in [-0.1, -0.05) is 0 Å². The van der Waals surface area contributed by atoms with Crippen molar-refractivity contribution in [2.45, 2.75) is 31.9 Å². The number of carbonyl (C=O) groups excluding carboxylic acids is 1. The van der Waals surface area contributed by atoms with E-state index in [1.54, 1.807) is 4.90 Å². The van der Waals surface area contributed by atoms with Gasteiger partial charge in [-0.3, -0.25) is 4.90 Å². The monoisotopic (exact) mass is 266 g/mol. The molecule has 1 heterocycles. The van der Waals surface area contributed by atoms with Crippen LogP contribution < -0.4 is 0 Å². The minimum Gasteiger partial charge on any atom is -0.444 e. The second kappa shape index (κ2) is 5.42. The van der Waals surface area contributed by atoms with Crippen molar-refractivity contribution in [3.63, 3.8) is 0 Å². The fourth-order valence-corrected chi connectivity index (χ4v) is 1.64. The Morgan fingerprint density at radius 2 is 1.88 bits per heavy atom. The molecule has 1 rings (SSSR count). The summed E-state index contributed by atoms with van der Waals surface area (Å²) in [7, 11) is 3.81. The zero-order valence-electron chi connectivity index (χ0n) is 11.2. The van der Waals surface area contributed by atoms with Crippen molar-refractivity contribution >= 4 is 18.5 Å². The molecule has 0 bridgehead atoms. The molecule has 1 aliphatic rings. The summed E-state index contributed by atoms with van der Waals surface area (Å²) in [6.45, 7) is 6.62. The lowest BCUT2D eigenvalue weighted by molar-refractivity contribution is -0.0701. The molecular weight excluding hydrogens is 244 g/mol. The standard InChI is InChI=1S/C11H22N2O3.ClH/c1-10(2,3)16-9(15)13-6-11(7-13,8-14)12(4)5;/h14H,6-8H2,1-5H3;1H. The number of aliphatic hydroxyl groups is 1. The molecule has 0 aromatic carbocycles. The van der Waals surface area contributed by atoms with Crippen molar-refractivity contribution in [1.29, 1.82) is 0 Å². The van der Waals surface area contributed by atoms with Gasteiger partial charge >= 0.3 is 6.09 Å². The number of aliphatic hydroxyl groups excluding tert-OH is 1. The van der Waals surface area contributed by atoms with Crippen LogP contribution in [0.1, 0.15) is 20.8 Å². The van der Waals surface area contributed by atoms with Crippen LogP contribution in [0.15, 0.2) is 0 Å². The molecule has 0 saturated carbocycles. The van der Waals surface area contributed by atoms with E-state index in [-0.39, 0.29) is 30.6 Å². The number of likely N-dealkylation sites (N-methyl/N-ethyl adjacent to an activating group) is 1. The molecule has 0 spiro atoms. The fourth-order valence-electron chi connectivity index (χ4n) is 1.64. The van der Waals surface area contributed by atoms with Crippen molar-refractivity contribution in [3.8, 4) is 0 Å². The van der Waals surface area contributed by atoms with E-state index in [2.05, 4.69) is 0 Å². The second-order valence-electron chi connectivity index (χ2n) is 5.61. The summed E-state index contributed by atoms with van der Waals surface area (Å²) in [6.07, 6.45) is -0.307. The lowest BCUT2D eigenvalue weighted by atomic mass is 9.90. The molecule has 0 aromatic heterocycles. The molecule has 5 nitrogen and oxygen atoms in total. The zero-order valence-corrected chi connectivity index (χ0v) is 12.0. The number of halogens is 1. The van der Waals surface area contributed by atoms with Crippen LogP contribution in [0.2, 0.25) is 0 Å². The molecule has 0 radical (unpaired) electrons. The summed E-state index contributed by atoms with van der Waals surface area (Å²) in [5.74, 6) is 0. The quantitative estimate of drug-likeness (QED) is 0.809. The first-order chi connectivity index (χ1) is 7.20. The maximum absolute atomic E-state index is 11.7. The molecule has 17 heavy (non-hydrogen) atoms. The Morgan fingerprint density at radius 3 is 2.18 bits per heavy atom. The number of hydrogen-bond acceptors (Lipinski definition) is 4. The molecule has 0 unspecified atom stereocenters. The van der Waals surface area contributed by atoms with E-state index in [9.17, 15) is 9.90 Å². The van der Waals surface area contributed by atoms with Gasteiger partial charge in [0.2, 0.25) is 0 Å². The SMILES string of the molecule is CN(C)C1(CO)CN(C(=O)OC(C)(C)C)C1.Cl. The summed E-state index contributed by atoms with van der Waals surface area (Å²) in [5, 5.41) is 9.32. The average molecular weight is 267 g/mol. The number of likely N-dealkylation sites (tertiary alicyclic amines) is 1. The summed E-state index contributed by atoms with van der Waals surface area (Å²) >= 11 is 0. The lowest BCUT2D eigenvalue weighted by Gasteiger charge is -2.52. The summed E-state index contributed by atoms with van der Waals surface area (Å²) in [4.78, 5) is 15.2. The molecular formula is C11H23ClN2O3. The molecule has 1 saturated heterocycles. The van der Waals surface area contributed by atoms with Gasteiger partial charge in [0.05, 0.1) is 12.1 Å². The Kier molecular flexibility index (Phi) is 5.25. The van der Waals surface area contributed by atoms with Crippen LogP contribution in [-0.2, 0) is 4.74 Å². The van der Waals surface area contributed by atoms with Crippen molar-refractivity contribution in [2.75, 3.05) is 33.8 Å². The molecule has 102 valence electrons. The van der Waals surface area contributed by atoms with Gasteiger partial charge in [0, 0.05) is 13.1 Å². The zero-order chi connectivity index (χ0) is 12.6. The summed E-state index contributed by atoms with van der Waals surface area (Å²) in [5.41, 5.74) is -0.760. The van der Waals surface area contributed by atoms with Gasteiger partial charge in [-0.25, -0.2) is 4.79 Å². The van der Waals surface area contributed by atoms with E-state index in [1.807, 2.05) is 39.8 Å². The maximum Gasteiger partial charge on any atom is 0.410 e. The third kappa shape index (κ3) is 3.72. The highest BCUT2D eigenvalue weighted by Gasteiger charge is 2.47. The number of ether oxygens (including phenoxy) is 1. The number of rotatable bonds is 2. The van der Waals surface area contributed by atoms with Gasteiger partial charge in [0.15, 0.2) is 0 Å². The highest BCUT2D eigenvalue weighted by Crippen LogP contribution is 2.27. The van der Waals surface area contributed by atoms with Crippen LogP contribution >= 0.6 is 12.4 Å². The highest BCUT2D eigenvalue weighted by atomic mass is 35.5. The van der Waals surface area contributed by atoms with Gasteiger partial charge in [-0.2, -0.15) is 0 Å². The maximum atomic E-state index is 11.7. The number of carbonyl (C=O) groups is 1. The Balaban J connectivity index is 0.00000256. The average Bonchev–Trinajstić information content (AvgIpc) is 1.98. The Bertz CT molecular complexity index is 270. The van der Waals surface area contributed by atoms with Gasteiger partial charge in [0.25, 0.3) is 0 Å². The molecule has 0 atom stereocenters. The fraction of sp³-hybridized carbons (Fsp3) is 0.909. The van der Waals surface area contributed by atoms with Crippen LogP contribution in [0.25, 0.3) is 0 Å². The molecule has 0 aliphatic carbocycles. The van der Waals surface area contributed by atoms with Gasteiger partial charge in [-0.15, -0.1) is 12.4 Å². The van der Waals surface area contributed by atoms with Crippen LogP contribution in [0, 0.1) is 0 Å². The first-order valence-corrected chi connectivity index (χ1v) is 5.46. The molecule has 1 N–H and O–H groups in total. The van der Waals surface area contributed by atoms with Crippen LogP contribution in [-0.4, -0.2) is 65.9 Å². The van der Waals surface area contributed by atoms with E-state index < -0.39 is 5.60 Å². The molecule has 1 amide bonds. The van der Waals surface area contributed by atoms with Crippen LogP contribution in [0.3, 0.4) is 0 Å². The second-order valence-corrected chi connectivity index (χ2v) is 5.61. The minimum atomic E-state index is -0.466. The Labute approximate surface area is 109 Å². The minimum absolute atomic E-state index is 0. The van der Waals surface area contributed by atoms with Gasteiger partial charge in [-0.05, 0) is 34.9 Å². The first kappa shape index (κ1) is 16.5. The third-order valence-electron chi connectivity index (χ3n) is 2.87. The first-order valence-electron chi connectivity index (χ1n) is 5.46. The van der Waals surface area contributed by atoms with Crippen molar-refractivity contribution in [2.24, 2.45) is 0 Å². The topological polar surface area (TPSA) is 53.0 Å².